The van der Waals surface area contributed by atoms with Gasteiger partial charge in [0.05, 0.1) is 11.1 Å². The van der Waals surface area contributed by atoms with E-state index in [0.29, 0.717) is 15.3 Å². The molecular formula is C13H9F3O2S. The highest BCUT2D eigenvalue weighted by atomic mass is 32.1. The molecule has 0 aliphatic carbocycles. The van der Waals surface area contributed by atoms with E-state index in [1.165, 1.54) is 29.5 Å². The number of rotatable bonds is 2. The van der Waals surface area contributed by atoms with Crippen LogP contribution in [0.1, 0.15) is 20.8 Å². The highest BCUT2D eigenvalue weighted by Crippen LogP contribution is 2.35. The number of thiophene rings is 1. The minimum Gasteiger partial charge on any atom is -0.478 e. The molecule has 0 saturated carbocycles. The number of halogens is 3. The fraction of sp³-hybridized carbons (Fsp3) is 0.154. The zero-order valence-corrected chi connectivity index (χ0v) is 10.6. The Morgan fingerprint density at radius 3 is 2.47 bits per heavy atom. The van der Waals surface area contributed by atoms with Crippen LogP contribution in [0.15, 0.2) is 30.3 Å². The van der Waals surface area contributed by atoms with Crippen LogP contribution in [0.2, 0.25) is 0 Å². The monoisotopic (exact) mass is 286 g/mol. The van der Waals surface area contributed by atoms with Gasteiger partial charge in [0.25, 0.3) is 0 Å². The summed E-state index contributed by atoms with van der Waals surface area (Å²) in [6.07, 6.45) is -4.40. The van der Waals surface area contributed by atoms with Gasteiger partial charge >= 0.3 is 12.1 Å². The topological polar surface area (TPSA) is 37.3 Å². The van der Waals surface area contributed by atoms with E-state index >= 15 is 0 Å². The summed E-state index contributed by atoms with van der Waals surface area (Å²) < 4.78 is 37.8. The van der Waals surface area contributed by atoms with Crippen molar-refractivity contribution in [3.05, 3.63) is 46.3 Å². The van der Waals surface area contributed by atoms with Crippen LogP contribution in [-0.4, -0.2) is 11.1 Å². The summed E-state index contributed by atoms with van der Waals surface area (Å²) in [5.41, 5.74) is -0.249. The Morgan fingerprint density at radius 1 is 1.26 bits per heavy atom. The number of hydrogen-bond donors (Lipinski definition) is 1. The first-order valence-electron chi connectivity index (χ1n) is 5.30. The molecule has 0 unspecified atom stereocenters. The van der Waals surface area contributed by atoms with Crippen LogP contribution in [0.4, 0.5) is 13.2 Å². The van der Waals surface area contributed by atoms with Crippen molar-refractivity contribution in [2.45, 2.75) is 13.1 Å². The van der Waals surface area contributed by atoms with E-state index in [1.54, 1.807) is 6.92 Å². The Morgan fingerprint density at radius 2 is 1.95 bits per heavy atom. The standard InChI is InChI=1S/C13H9F3O2S/c1-7-10(12(17)18)6-11(19-7)8-3-2-4-9(5-8)13(14,15)16/h2-6H,1H3,(H,17,18). The van der Waals surface area contributed by atoms with Crippen molar-refractivity contribution < 1.29 is 23.1 Å². The Balaban J connectivity index is 2.48. The molecule has 0 bridgehead atoms. The Labute approximate surface area is 111 Å². The third-order valence-electron chi connectivity index (χ3n) is 2.62. The van der Waals surface area contributed by atoms with Gasteiger partial charge in [-0.3, -0.25) is 0 Å². The second-order valence-corrected chi connectivity index (χ2v) is 5.22. The largest absolute Gasteiger partial charge is 0.478 e. The molecule has 2 nitrogen and oxygen atoms in total. The summed E-state index contributed by atoms with van der Waals surface area (Å²) in [6.45, 7) is 1.63. The molecule has 1 aromatic carbocycles. The maximum atomic E-state index is 12.6. The van der Waals surface area contributed by atoms with E-state index in [4.69, 9.17) is 5.11 Å². The molecule has 0 aliphatic rings. The number of hydrogen-bond acceptors (Lipinski definition) is 2. The van der Waals surface area contributed by atoms with Gasteiger partial charge in [0.15, 0.2) is 0 Å². The van der Waals surface area contributed by atoms with Crippen molar-refractivity contribution in [1.82, 2.24) is 0 Å². The molecule has 0 amide bonds. The molecule has 6 heteroatoms. The van der Waals surface area contributed by atoms with Gasteiger partial charge in [-0.2, -0.15) is 13.2 Å². The lowest BCUT2D eigenvalue weighted by Crippen LogP contribution is -2.04. The highest BCUT2D eigenvalue weighted by molar-refractivity contribution is 7.15. The van der Waals surface area contributed by atoms with Crippen LogP contribution in [0.25, 0.3) is 10.4 Å². The molecule has 0 fully saturated rings. The van der Waals surface area contributed by atoms with Crippen molar-refractivity contribution in [1.29, 1.82) is 0 Å². The van der Waals surface area contributed by atoms with E-state index in [0.717, 1.165) is 12.1 Å². The van der Waals surface area contributed by atoms with E-state index < -0.39 is 17.7 Å². The number of carboxylic acids is 1. The molecule has 0 spiro atoms. The predicted octanol–water partition coefficient (Wildman–Crippen LogP) is 4.44. The van der Waals surface area contributed by atoms with Gasteiger partial charge in [-0.25, -0.2) is 4.79 Å². The normalized spacial score (nSPS) is 11.6. The Hall–Kier alpha value is -1.82. The van der Waals surface area contributed by atoms with Crippen LogP contribution in [0.5, 0.6) is 0 Å². The molecule has 0 aliphatic heterocycles. The summed E-state index contributed by atoms with van der Waals surface area (Å²) in [5, 5.41) is 8.94. The molecular weight excluding hydrogens is 277 g/mol. The lowest BCUT2D eigenvalue weighted by atomic mass is 10.1. The van der Waals surface area contributed by atoms with E-state index in [-0.39, 0.29) is 5.56 Å². The second kappa shape index (κ2) is 4.70. The molecule has 1 heterocycles. The van der Waals surface area contributed by atoms with Gasteiger partial charge in [-0.15, -0.1) is 11.3 Å². The fourth-order valence-corrected chi connectivity index (χ4v) is 2.69. The first-order chi connectivity index (χ1) is 8.79. The SMILES string of the molecule is Cc1sc(-c2cccc(C(F)(F)F)c2)cc1C(=O)O. The van der Waals surface area contributed by atoms with Crippen LogP contribution in [0.3, 0.4) is 0 Å². The van der Waals surface area contributed by atoms with Gasteiger partial charge in [0.1, 0.15) is 0 Å². The zero-order valence-electron chi connectivity index (χ0n) is 9.78. The first-order valence-corrected chi connectivity index (χ1v) is 6.12. The van der Waals surface area contributed by atoms with Crippen molar-refractivity contribution in [3.63, 3.8) is 0 Å². The van der Waals surface area contributed by atoms with E-state index in [1.807, 2.05) is 0 Å². The zero-order chi connectivity index (χ0) is 14.2. The minimum atomic E-state index is -4.40. The quantitative estimate of drug-likeness (QED) is 0.886. The summed E-state index contributed by atoms with van der Waals surface area (Å²) in [6, 6.07) is 6.26. The number of aryl methyl sites for hydroxylation is 1. The maximum absolute atomic E-state index is 12.6. The lowest BCUT2D eigenvalue weighted by Gasteiger charge is -2.07. The number of alkyl halides is 3. The summed E-state index contributed by atoms with van der Waals surface area (Å²) in [4.78, 5) is 12.0. The van der Waals surface area contributed by atoms with Gasteiger partial charge in [0, 0.05) is 9.75 Å². The molecule has 100 valence electrons. The fourth-order valence-electron chi connectivity index (χ4n) is 1.69. The number of carboxylic acid groups (broad SMARTS) is 1. The highest BCUT2D eigenvalue weighted by Gasteiger charge is 2.30. The van der Waals surface area contributed by atoms with E-state index in [2.05, 4.69) is 0 Å². The molecule has 0 atom stereocenters. The molecule has 0 radical (unpaired) electrons. The third kappa shape index (κ3) is 2.78. The van der Waals surface area contributed by atoms with Crippen molar-refractivity contribution in [2.75, 3.05) is 0 Å². The number of benzene rings is 1. The molecule has 0 saturated heterocycles. The smallest absolute Gasteiger partial charge is 0.416 e. The van der Waals surface area contributed by atoms with Crippen LogP contribution in [-0.2, 0) is 6.18 Å². The minimum absolute atomic E-state index is 0.123. The molecule has 1 N–H and O–H groups in total. The second-order valence-electron chi connectivity index (χ2n) is 3.96. The van der Waals surface area contributed by atoms with Crippen molar-refractivity contribution >= 4 is 17.3 Å². The van der Waals surface area contributed by atoms with Crippen molar-refractivity contribution in [3.8, 4) is 10.4 Å². The molecule has 19 heavy (non-hydrogen) atoms. The average Bonchev–Trinajstić information content (AvgIpc) is 2.70. The summed E-state index contributed by atoms with van der Waals surface area (Å²) in [5.74, 6) is -1.08. The first kappa shape index (κ1) is 13.6. The van der Waals surface area contributed by atoms with Gasteiger partial charge in [-0.1, -0.05) is 12.1 Å². The maximum Gasteiger partial charge on any atom is 0.416 e. The molecule has 1 aromatic heterocycles. The number of carbonyl (C=O) groups is 1. The van der Waals surface area contributed by atoms with E-state index in [9.17, 15) is 18.0 Å². The van der Waals surface area contributed by atoms with Gasteiger partial charge in [-0.05, 0) is 30.7 Å². The third-order valence-corrected chi connectivity index (χ3v) is 3.72. The van der Waals surface area contributed by atoms with Crippen molar-refractivity contribution in [2.24, 2.45) is 0 Å². The number of aromatic carboxylic acids is 1. The predicted molar refractivity (Wildman–Crippen MR) is 66.5 cm³/mol. The molecule has 2 rings (SSSR count). The Kier molecular flexibility index (Phi) is 3.36. The Bertz CT molecular complexity index is 629. The van der Waals surface area contributed by atoms with Crippen LogP contribution >= 0.6 is 11.3 Å². The summed E-state index contributed by atoms with van der Waals surface area (Å²) in [7, 11) is 0. The van der Waals surface area contributed by atoms with Crippen LogP contribution in [0, 0.1) is 6.92 Å². The van der Waals surface area contributed by atoms with Crippen LogP contribution < -0.4 is 0 Å². The van der Waals surface area contributed by atoms with Gasteiger partial charge in [0.2, 0.25) is 0 Å². The molecule has 2 aromatic rings. The average molecular weight is 286 g/mol. The summed E-state index contributed by atoms with van der Waals surface area (Å²) >= 11 is 1.17. The lowest BCUT2D eigenvalue weighted by molar-refractivity contribution is -0.137. The van der Waals surface area contributed by atoms with Gasteiger partial charge < -0.3 is 5.11 Å².